The zero-order chi connectivity index (χ0) is 18.8. The van der Waals surface area contributed by atoms with Crippen LogP contribution >= 0.6 is 0 Å². The molecule has 3 unspecified atom stereocenters. The number of carboxylic acid groups (broad SMARTS) is 1. The first-order valence-corrected chi connectivity index (χ1v) is 8.83. The summed E-state index contributed by atoms with van der Waals surface area (Å²) in [6.07, 6.45) is 3.57. The number of carbonyl (C=O) groups excluding carboxylic acids is 3. The van der Waals surface area contributed by atoms with Crippen molar-refractivity contribution in [2.45, 2.75) is 64.5 Å². The molecule has 4 amide bonds. The normalized spacial score (nSPS) is 27.5. The van der Waals surface area contributed by atoms with Crippen LogP contribution in [0.3, 0.4) is 0 Å². The second-order valence-electron chi connectivity index (χ2n) is 7.53. The van der Waals surface area contributed by atoms with Crippen molar-refractivity contribution in [1.82, 2.24) is 15.5 Å². The summed E-state index contributed by atoms with van der Waals surface area (Å²) < 4.78 is 0. The van der Waals surface area contributed by atoms with Gasteiger partial charge in [0.1, 0.15) is 18.1 Å². The summed E-state index contributed by atoms with van der Waals surface area (Å²) >= 11 is 0. The fourth-order valence-electron chi connectivity index (χ4n) is 3.72. The van der Waals surface area contributed by atoms with Crippen molar-refractivity contribution in [2.75, 3.05) is 6.54 Å². The average molecular weight is 353 g/mol. The fourth-order valence-corrected chi connectivity index (χ4v) is 3.72. The van der Waals surface area contributed by atoms with Crippen molar-refractivity contribution in [2.24, 2.45) is 11.8 Å². The summed E-state index contributed by atoms with van der Waals surface area (Å²) in [5.74, 6) is -2.05. The molecule has 0 aromatic heterocycles. The molecule has 1 spiro atoms. The van der Waals surface area contributed by atoms with Crippen LogP contribution in [0.25, 0.3) is 0 Å². The zero-order valence-electron chi connectivity index (χ0n) is 15.0. The molecule has 140 valence electrons. The second-order valence-corrected chi connectivity index (χ2v) is 7.53. The molecule has 2 rings (SSSR count). The third-order valence-corrected chi connectivity index (χ3v) is 5.14. The first-order chi connectivity index (χ1) is 11.7. The van der Waals surface area contributed by atoms with Crippen molar-refractivity contribution >= 4 is 23.8 Å². The fraction of sp³-hybridized carbons (Fsp3) is 0.765. The number of nitrogens with one attached hydrogen (secondary N) is 2. The number of carbonyl (C=O) groups is 4. The van der Waals surface area contributed by atoms with Gasteiger partial charge in [0.2, 0.25) is 5.91 Å². The van der Waals surface area contributed by atoms with Crippen molar-refractivity contribution < 1.29 is 24.3 Å². The molecule has 0 aromatic rings. The van der Waals surface area contributed by atoms with Gasteiger partial charge in [0, 0.05) is 0 Å². The van der Waals surface area contributed by atoms with E-state index in [4.69, 9.17) is 0 Å². The molecule has 3 atom stereocenters. The van der Waals surface area contributed by atoms with E-state index < -0.39 is 36.0 Å². The highest BCUT2D eigenvalue weighted by atomic mass is 16.4. The van der Waals surface area contributed by atoms with Crippen LogP contribution in [0, 0.1) is 11.8 Å². The third kappa shape index (κ3) is 3.93. The Morgan fingerprint density at radius 3 is 2.60 bits per heavy atom. The summed E-state index contributed by atoms with van der Waals surface area (Å²) in [7, 11) is 0. The standard InChI is InChI=1S/C17H27N3O5/c1-10(2)8-12(14(22)23)18-13(21)9-20-15(24)17(19-16(20)25)7-5-4-6-11(17)3/h10-12H,4-9H2,1-3H3,(H,18,21)(H,19,25)(H,22,23). The molecular weight excluding hydrogens is 326 g/mol. The van der Waals surface area contributed by atoms with Gasteiger partial charge in [-0.15, -0.1) is 0 Å². The minimum atomic E-state index is -1.13. The number of hydrogen-bond acceptors (Lipinski definition) is 4. The summed E-state index contributed by atoms with van der Waals surface area (Å²) in [6, 6.07) is -1.61. The van der Waals surface area contributed by atoms with Crippen LogP contribution in [0.4, 0.5) is 4.79 Å². The number of hydrogen-bond donors (Lipinski definition) is 3. The Morgan fingerprint density at radius 1 is 1.36 bits per heavy atom. The van der Waals surface area contributed by atoms with Crippen molar-refractivity contribution in [3.05, 3.63) is 0 Å². The highest BCUT2D eigenvalue weighted by Gasteiger charge is 2.55. The monoisotopic (exact) mass is 353 g/mol. The number of aliphatic carboxylic acids is 1. The van der Waals surface area contributed by atoms with Crippen LogP contribution in [-0.2, 0) is 14.4 Å². The summed E-state index contributed by atoms with van der Waals surface area (Å²) in [5.41, 5.74) is -0.917. The van der Waals surface area contributed by atoms with E-state index >= 15 is 0 Å². The quantitative estimate of drug-likeness (QED) is 0.619. The Kier molecular flexibility index (Phi) is 5.69. The van der Waals surface area contributed by atoms with Gasteiger partial charge in [-0.2, -0.15) is 0 Å². The Bertz CT molecular complexity index is 577. The molecule has 1 aliphatic carbocycles. The lowest BCUT2D eigenvalue weighted by molar-refractivity contribution is -0.142. The first kappa shape index (κ1) is 19.2. The van der Waals surface area contributed by atoms with Gasteiger partial charge in [0.05, 0.1) is 0 Å². The predicted octanol–water partition coefficient (Wildman–Crippen LogP) is 1.10. The van der Waals surface area contributed by atoms with Gasteiger partial charge in [0.15, 0.2) is 0 Å². The number of amides is 4. The molecule has 8 heteroatoms. The highest BCUT2D eigenvalue weighted by molar-refractivity contribution is 6.09. The van der Waals surface area contributed by atoms with Crippen molar-refractivity contribution in [3.63, 3.8) is 0 Å². The smallest absolute Gasteiger partial charge is 0.326 e. The van der Waals surface area contributed by atoms with E-state index in [1.165, 1.54) is 0 Å². The molecule has 0 bridgehead atoms. The Hall–Kier alpha value is -2.12. The number of carboxylic acids is 1. The molecule has 2 aliphatic rings. The third-order valence-electron chi connectivity index (χ3n) is 5.14. The van der Waals surface area contributed by atoms with Crippen LogP contribution in [0.15, 0.2) is 0 Å². The number of nitrogens with zero attached hydrogens (tertiary/aromatic N) is 1. The SMILES string of the molecule is CC(C)CC(NC(=O)CN1C(=O)NC2(CCCCC2C)C1=O)C(=O)O. The van der Waals surface area contributed by atoms with Crippen LogP contribution in [0.5, 0.6) is 0 Å². The molecule has 2 fully saturated rings. The predicted molar refractivity (Wildman–Crippen MR) is 89.6 cm³/mol. The van der Waals surface area contributed by atoms with E-state index in [0.717, 1.165) is 24.2 Å². The Balaban J connectivity index is 2.04. The lowest BCUT2D eigenvalue weighted by Gasteiger charge is -2.36. The Morgan fingerprint density at radius 2 is 2.04 bits per heavy atom. The molecule has 0 radical (unpaired) electrons. The molecule has 1 aliphatic heterocycles. The van der Waals surface area contributed by atoms with Crippen LogP contribution in [0.1, 0.15) is 52.9 Å². The maximum Gasteiger partial charge on any atom is 0.326 e. The first-order valence-electron chi connectivity index (χ1n) is 8.83. The molecule has 0 aromatic carbocycles. The molecule has 3 N–H and O–H groups in total. The van der Waals surface area contributed by atoms with E-state index in [0.29, 0.717) is 6.42 Å². The van der Waals surface area contributed by atoms with E-state index in [1.807, 2.05) is 20.8 Å². The molecule has 1 heterocycles. The summed E-state index contributed by atoms with van der Waals surface area (Å²) in [6.45, 7) is 5.19. The minimum Gasteiger partial charge on any atom is -0.480 e. The maximum atomic E-state index is 12.8. The molecule has 25 heavy (non-hydrogen) atoms. The lowest BCUT2D eigenvalue weighted by atomic mass is 9.73. The van der Waals surface area contributed by atoms with Crippen molar-refractivity contribution in [1.29, 1.82) is 0 Å². The average Bonchev–Trinajstić information content (AvgIpc) is 2.74. The van der Waals surface area contributed by atoms with Gasteiger partial charge >= 0.3 is 12.0 Å². The van der Waals surface area contributed by atoms with Crippen LogP contribution in [-0.4, -0.2) is 51.9 Å². The number of rotatable bonds is 6. The van der Waals surface area contributed by atoms with E-state index in [-0.39, 0.29) is 24.2 Å². The van der Waals surface area contributed by atoms with E-state index in [1.54, 1.807) is 0 Å². The van der Waals surface area contributed by atoms with Gasteiger partial charge in [0.25, 0.3) is 5.91 Å². The van der Waals surface area contributed by atoms with Gasteiger partial charge in [-0.25, -0.2) is 9.59 Å². The van der Waals surface area contributed by atoms with Crippen molar-refractivity contribution in [3.8, 4) is 0 Å². The van der Waals surface area contributed by atoms with Crippen LogP contribution in [0.2, 0.25) is 0 Å². The highest BCUT2D eigenvalue weighted by Crippen LogP contribution is 2.38. The van der Waals surface area contributed by atoms with E-state index in [2.05, 4.69) is 10.6 Å². The summed E-state index contributed by atoms with van der Waals surface area (Å²) in [4.78, 5) is 49.4. The second kappa shape index (κ2) is 7.41. The van der Waals surface area contributed by atoms with Gasteiger partial charge in [-0.05, 0) is 31.1 Å². The molecule has 1 saturated heterocycles. The molecule has 1 saturated carbocycles. The topological polar surface area (TPSA) is 116 Å². The Labute approximate surface area is 147 Å². The molecular formula is C17H27N3O5. The largest absolute Gasteiger partial charge is 0.480 e. The zero-order valence-corrected chi connectivity index (χ0v) is 15.0. The number of urea groups is 1. The van der Waals surface area contributed by atoms with Gasteiger partial charge in [-0.1, -0.05) is 33.6 Å². The van der Waals surface area contributed by atoms with Crippen LogP contribution < -0.4 is 10.6 Å². The van der Waals surface area contributed by atoms with Gasteiger partial charge in [-0.3, -0.25) is 14.5 Å². The van der Waals surface area contributed by atoms with E-state index in [9.17, 15) is 24.3 Å². The minimum absolute atomic E-state index is 0.0125. The maximum absolute atomic E-state index is 12.8. The molecule has 8 nitrogen and oxygen atoms in total. The summed E-state index contributed by atoms with van der Waals surface area (Å²) in [5, 5.41) is 14.4. The van der Waals surface area contributed by atoms with Gasteiger partial charge < -0.3 is 15.7 Å². The number of imide groups is 1. The lowest BCUT2D eigenvalue weighted by Crippen LogP contribution is -2.54.